The van der Waals surface area contributed by atoms with Gasteiger partial charge in [0, 0.05) is 23.6 Å². The summed E-state index contributed by atoms with van der Waals surface area (Å²) in [6, 6.07) is 9.92. The molecule has 3 atom stereocenters. The van der Waals surface area contributed by atoms with Gasteiger partial charge in [-0.15, -0.1) is 0 Å². The van der Waals surface area contributed by atoms with Gasteiger partial charge in [-0.3, -0.25) is 0 Å². The summed E-state index contributed by atoms with van der Waals surface area (Å²) < 4.78 is 47.4. The molecule has 0 amide bonds. The minimum atomic E-state index is -0.659. The van der Waals surface area contributed by atoms with Gasteiger partial charge < -0.3 is 18.9 Å². The predicted octanol–water partition coefficient (Wildman–Crippen LogP) is 7.00. The van der Waals surface area contributed by atoms with Crippen LogP contribution in [0.5, 0.6) is 0 Å². The van der Waals surface area contributed by atoms with Crippen LogP contribution in [0.3, 0.4) is 0 Å². The third-order valence-electron chi connectivity index (χ3n) is 8.23. The van der Waals surface area contributed by atoms with E-state index in [1.165, 1.54) is 18.2 Å². The van der Waals surface area contributed by atoms with E-state index in [1.807, 2.05) is 12.1 Å². The molecule has 4 aromatic rings. The van der Waals surface area contributed by atoms with Crippen LogP contribution in [-0.2, 0) is 16.1 Å². The maximum absolute atomic E-state index is 14.6. The molecule has 7 nitrogen and oxygen atoms in total. The number of thiazole rings is 1. The molecular formula is C30H29F2N3O4S. The molecule has 208 valence electrons. The van der Waals surface area contributed by atoms with E-state index in [2.05, 4.69) is 10.1 Å². The van der Waals surface area contributed by atoms with Crippen molar-refractivity contribution in [2.24, 2.45) is 0 Å². The number of anilines is 1. The monoisotopic (exact) mass is 565 g/mol. The first-order valence-electron chi connectivity index (χ1n) is 13.9. The lowest BCUT2D eigenvalue weighted by atomic mass is 10.00. The van der Waals surface area contributed by atoms with Gasteiger partial charge in [-0.2, -0.15) is 0 Å². The average molecular weight is 566 g/mol. The van der Waals surface area contributed by atoms with E-state index in [0.717, 1.165) is 53.9 Å². The van der Waals surface area contributed by atoms with Crippen LogP contribution in [0.15, 0.2) is 40.9 Å². The van der Waals surface area contributed by atoms with E-state index in [9.17, 15) is 13.6 Å². The number of fused-ring (bicyclic) bond motifs is 3. The van der Waals surface area contributed by atoms with E-state index >= 15 is 0 Å². The summed E-state index contributed by atoms with van der Waals surface area (Å²) in [5.74, 6) is -0.719. The normalized spacial score (nSPS) is 22.3. The average Bonchev–Trinajstić information content (AvgIpc) is 3.47. The fourth-order valence-corrected chi connectivity index (χ4v) is 7.34. The first kappa shape index (κ1) is 25.6. The fourth-order valence-electron chi connectivity index (χ4n) is 6.19. The highest BCUT2D eigenvalue weighted by atomic mass is 32.1. The Kier molecular flexibility index (Phi) is 6.54. The van der Waals surface area contributed by atoms with Crippen molar-refractivity contribution < 1.29 is 27.6 Å². The van der Waals surface area contributed by atoms with Crippen molar-refractivity contribution in [2.45, 2.75) is 76.2 Å². The smallest absolute Gasteiger partial charge is 0.338 e. The van der Waals surface area contributed by atoms with Crippen LogP contribution in [0.2, 0.25) is 0 Å². The summed E-state index contributed by atoms with van der Waals surface area (Å²) >= 11 is 1.60. The molecule has 1 unspecified atom stereocenters. The van der Waals surface area contributed by atoms with Crippen molar-refractivity contribution in [3.8, 4) is 11.3 Å². The molecule has 1 aliphatic carbocycles. The van der Waals surface area contributed by atoms with Crippen LogP contribution in [0.1, 0.15) is 73.0 Å². The van der Waals surface area contributed by atoms with Crippen LogP contribution < -0.4 is 4.90 Å². The summed E-state index contributed by atoms with van der Waals surface area (Å²) in [5.41, 5.74) is 2.11. The predicted molar refractivity (Wildman–Crippen MR) is 147 cm³/mol. The molecule has 3 fully saturated rings. The second kappa shape index (κ2) is 10.2. The van der Waals surface area contributed by atoms with E-state index in [-0.39, 0.29) is 35.9 Å². The number of carbonyl (C=O) groups excluding carboxylic acids is 1. The number of ether oxygens (including phenoxy) is 2. The van der Waals surface area contributed by atoms with Gasteiger partial charge in [0.1, 0.15) is 23.1 Å². The van der Waals surface area contributed by atoms with Crippen molar-refractivity contribution in [1.82, 2.24) is 10.1 Å². The lowest BCUT2D eigenvalue weighted by Gasteiger charge is -2.38. The zero-order valence-corrected chi connectivity index (χ0v) is 22.9. The van der Waals surface area contributed by atoms with E-state index in [0.29, 0.717) is 35.6 Å². The van der Waals surface area contributed by atoms with Crippen molar-refractivity contribution in [1.29, 1.82) is 0 Å². The maximum atomic E-state index is 14.6. The van der Waals surface area contributed by atoms with Crippen LogP contribution in [-0.4, -0.2) is 40.9 Å². The Hall–Kier alpha value is -3.37. The van der Waals surface area contributed by atoms with Gasteiger partial charge in [0.05, 0.1) is 40.7 Å². The highest BCUT2D eigenvalue weighted by Gasteiger charge is 2.43. The van der Waals surface area contributed by atoms with Gasteiger partial charge in [0.2, 0.25) is 0 Å². The van der Waals surface area contributed by atoms with Crippen molar-refractivity contribution in [3.63, 3.8) is 0 Å². The molecule has 2 aromatic heterocycles. The van der Waals surface area contributed by atoms with Crippen molar-refractivity contribution >= 4 is 32.7 Å². The number of hydrogen-bond acceptors (Lipinski definition) is 8. The zero-order chi connectivity index (χ0) is 27.4. The number of nitrogens with zero attached hydrogens (tertiary/aromatic N) is 3. The van der Waals surface area contributed by atoms with Crippen LogP contribution >= 0.6 is 11.3 Å². The minimum Gasteiger partial charge on any atom is -0.462 e. The number of hydrogen-bond donors (Lipinski definition) is 0. The van der Waals surface area contributed by atoms with Crippen molar-refractivity contribution in [3.05, 3.63) is 64.9 Å². The molecule has 2 saturated heterocycles. The van der Waals surface area contributed by atoms with Crippen LogP contribution in [0.25, 0.3) is 21.5 Å². The zero-order valence-electron chi connectivity index (χ0n) is 22.1. The quantitative estimate of drug-likeness (QED) is 0.213. The SMILES string of the molecule is CCOC(=O)c1ccc2nc(N3[C@@H]4CC[C@H]3CC(OCc3c(-c5c(F)cccc5F)noc3C3CC3)C4)sc2c1. The van der Waals surface area contributed by atoms with Gasteiger partial charge in [-0.1, -0.05) is 22.6 Å². The van der Waals surface area contributed by atoms with E-state index in [1.54, 1.807) is 24.3 Å². The van der Waals surface area contributed by atoms with Gasteiger partial charge >= 0.3 is 5.97 Å². The maximum Gasteiger partial charge on any atom is 0.338 e. The molecule has 0 spiro atoms. The Morgan fingerprint density at radius 2 is 1.85 bits per heavy atom. The molecule has 10 heteroatoms. The number of rotatable bonds is 8. The molecule has 2 aliphatic heterocycles. The lowest BCUT2D eigenvalue weighted by molar-refractivity contribution is 0.0147. The standard InChI is InChI=1S/C30H29F2N3O4S/c1-2-37-29(36)17-8-11-24-25(12-17)40-30(33-24)35-18-9-10-19(35)14-20(13-18)38-15-21-27(34-39-28(21)16-6-7-16)26-22(31)4-3-5-23(26)32/h3-5,8,11-12,16,18-20H,2,6-7,9-10,13-15H2,1H3/t18-,19+,20?. The Bertz CT molecular complexity index is 1550. The lowest BCUT2D eigenvalue weighted by Crippen LogP contribution is -2.45. The number of aromatic nitrogens is 2. The summed E-state index contributed by atoms with van der Waals surface area (Å²) in [6.45, 7) is 2.34. The number of esters is 1. The second-order valence-corrected chi connectivity index (χ2v) is 11.9. The molecule has 0 radical (unpaired) electrons. The van der Waals surface area contributed by atoms with E-state index in [4.69, 9.17) is 19.0 Å². The molecular weight excluding hydrogens is 536 g/mol. The van der Waals surface area contributed by atoms with Crippen LogP contribution in [0, 0.1) is 11.6 Å². The van der Waals surface area contributed by atoms with E-state index < -0.39 is 11.6 Å². The van der Waals surface area contributed by atoms with Crippen LogP contribution in [0.4, 0.5) is 13.9 Å². The Labute approximate surface area is 234 Å². The molecule has 4 heterocycles. The van der Waals surface area contributed by atoms with Gasteiger partial charge in [-0.25, -0.2) is 18.6 Å². The Morgan fingerprint density at radius 3 is 2.55 bits per heavy atom. The molecule has 7 rings (SSSR count). The highest BCUT2D eigenvalue weighted by Crippen LogP contribution is 2.46. The molecule has 0 N–H and O–H groups in total. The molecule has 1 saturated carbocycles. The van der Waals surface area contributed by atoms with Gasteiger partial charge in [0.15, 0.2) is 5.13 Å². The van der Waals surface area contributed by atoms with Gasteiger partial charge in [-0.05, 0) is 75.8 Å². The van der Waals surface area contributed by atoms with Gasteiger partial charge in [0.25, 0.3) is 0 Å². The first-order chi connectivity index (χ1) is 19.5. The molecule has 2 bridgehead atoms. The minimum absolute atomic E-state index is 0.0128. The second-order valence-electron chi connectivity index (χ2n) is 10.8. The highest BCUT2D eigenvalue weighted by molar-refractivity contribution is 7.22. The largest absolute Gasteiger partial charge is 0.462 e. The third kappa shape index (κ3) is 4.56. The number of piperidine rings is 1. The topological polar surface area (TPSA) is 77.7 Å². The number of benzene rings is 2. The molecule has 3 aliphatic rings. The Balaban J connectivity index is 1.08. The number of carbonyl (C=O) groups is 1. The summed E-state index contributed by atoms with van der Waals surface area (Å²) in [6.07, 6.45) is 5.77. The van der Waals surface area contributed by atoms with Crippen molar-refractivity contribution in [2.75, 3.05) is 11.5 Å². The molecule has 2 aromatic carbocycles. The molecule has 40 heavy (non-hydrogen) atoms. The first-order valence-corrected chi connectivity index (χ1v) is 14.7. The summed E-state index contributed by atoms with van der Waals surface area (Å²) in [5, 5.41) is 5.06. The Morgan fingerprint density at radius 1 is 1.10 bits per heavy atom. The fraction of sp³-hybridized carbons (Fsp3) is 0.433. The number of halogens is 2. The summed E-state index contributed by atoms with van der Waals surface area (Å²) in [7, 11) is 0. The third-order valence-corrected chi connectivity index (χ3v) is 9.26. The summed E-state index contributed by atoms with van der Waals surface area (Å²) in [4.78, 5) is 19.5.